The smallest absolute Gasteiger partial charge is 0.140 e. The van der Waals surface area contributed by atoms with Crippen molar-refractivity contribution in [2.45, 2.75) is 84.5 Å². The molecule has 1 rings (SSSR count). The molecule has 0 amide bonds. The highest BCUT2D eigenvalue weighted by molar-refractivity contribution is 5.85. The first-order valence-corrected chi connectivity index (χ1v) is 8.49. The number of unbranched alkanes of at least 4 members (excludes halogenated alkanes) is 6. The van der Waals surface area contributed by atoms with Crippen LogP contribution in [-0.4, -0.2) is 18.9 Å². The van der Waals surface area contributed by atoms with E-state index in [0.29, 0.717) is 5.78 Å². The van der Waals surface area contributed by atoms with Crippen LogP contribution in [0, 0.1) is 5.41 Å². The third-order valence-electron chi connectivity index (χ3n) is 4.75. The number of Topliss-reactive ketones (excluding diaryl/α,β-unsaturated/α-hetero) is 1. The second-order valence-corrected chi connectivity index (χ2v) is 6.21. The fraction of sp³-hybridized carbons (Fsp3) is 0.941. The molecule has 1 unspecified atom stereocenters. The van der Waals surface area contributed by atoms with Crippen LogP contribution in [0.2, 0.25) is 0 Å². The molecule has 2 nitrogen and oxygen atoms in total. The summed E-state index contributed by atoms with van der Waals surface area (Å²) in [6.45, 7) is 6.43. The first-order valence-electron chi connectivity index (χ1n) is 8.49. The highest BCUT2D eigenvalue weighted by Gasteiger charge is 2.36. The zero-order chi connectivity index (χ0) is 14.0. The fourth-order valence-electron chi connectivity index (χ4n) is 3.21. The summed E-state index contributed by atoms with van der Waals surface area (Å²) in [5.41, 5.74) is -0.0273. The highest BCUT2D eigenvalue weighted by atomic mass is 16.1. The van der Waals surface area contributed by atoms with E-state index in [4.69, 9.17) is 0 Å². The Hall–Kier alpha value is -0.370. The van der Waals surface area contributed by atoms with Gasteiger partial charge >= 0.3 is 0 Å². The molecule has 1 fully saturated rings. The molecule has 1 heterocycles. The standard InChI is InChI=1S/C17H33NO/c1-3-5-6-7-8-9-10-12-16(19)17(4-2)13-11-14-18-15-17/h18H,3-15H2,1-2H3. The quantitative estimate of drug-likeness (QED) is 0.591. The number of ketones is 1. The van der Waals surface area contributed by atoms with Crippen LogP contribution in [0.25, 0.3) is 0 Å². The lowest BCUT2D eigenvalue weighted by molar-refractivity contribution is -0.130. The molecule has 0 bridgehead atoms. The van der Waals surface area contributed by atoms with Gasteiger partial charge in [-0.25, -0.2) is 0 Å². The predicted molar refractivity (Wildman–Crippen MR) is 82.4 cm³/mol. The fourth-order valence-corrected chi connectivity index (χ4v) is 3.21. The minimum atomic E-state index is -0.0273. The van der Waals surface area contributed by atoms with Gasteiger partial charge in [0.05, 0.1) is 0 Å². The second kappa shape index (κ2) is 9.52. The average molecular weight is 267 g/mol. The van der Waals surface area contributed by atoms with Crippen molar-refractivity contribution in [3.8, 4) is 0 Å². The zero-order valence-corrected chi connectivity index (χ0v) is 13.1. The summed E-state index contributed by atoms with van der Waals surface area (Å²) in [7, 11) is 0. The Morgan fingerprint density at radius 1 is 1.05 bits per heavy atom. The largest absolute Gasteiger partial charge is 0.316 e. The second-order valence-electron chi connectivity index (χ2n) is 6.21. The SMILES string of the molecule is CCCCCCCCCC(=O)C1(CC)CCCNC1. The van der Waals surface area contributed by atoms with Crippen molar-refractivity contribution in [3.63, 3.8) is 0 Å². The minimum absolute atomic E-state index is 0.0273. The molecule has 19 heavy (non-hydrogen) atoms. The van der Waals surface area contributed by atoms with Gasteiger partial charge in [0.25, 0.3) is 0 Å². The summed E-state index contributed by atoms with van der Waals surface area (Å²) in [6, 6.07) is 0. The van der Waals surface area contributed by atoms with Gasteiger partial charge in [0, 0.05) is 18.4 Å². The van der Waals surface area contributed by atoms with Gasteiger partial charge < -0.3 is 5.32 Å². The topological polar surface area (TPSA) is 29.1 Å². The Bertz CT molecular complexity index is 244. The number of rotatable bonds is 10. The summed E-state index contributed by atoms with van der Waals surface area (Å²) in [5, 5.41) is 3.41. The Labute approximate surface area is 119 Å². The average Bonchev–Trinajstić information content (AvgIpc) is 2.46. The van der Waals surface area contributed by atoms with Crippen molar-refractivity contribution >= 4 is 5.78 Å². The summed E-state index contributed by atoms with van der Waals surface area (Å²) in [5.74, 6) is 0.524. The van der Waals surface area contributed by atoms with E-state index in [1.165, 1.54) is 38.5 Å². The van der Waals surface area contributed by atoms with Gasteiger partial charge in [0.15, 0.2) is 0 Å². The maximum atomic E-state index is 12.4. The van der Waals surface area contributed by atoms with Gasteiger partial charge in [-0.05, 0) is 32.2 Å². The molecule has 1 aliphatic heterocycles. The molecule has 0 aromatic heterocycles. The number of hydrogen-bond acceptors (Lipinski definition) is 2. The molecule has 1 N–H and O–H groups in total. The molecular formula is C17H33NO. The van der Waals surface area contributed by atoms with Gasteiger partial charge in [-0.3, -0.25) is 4.79 Å². The summed E-state index contributed by atoms with van der Waals surface area (Å²) < 4.78 is 0. The Balaban J connectivity index is 2.15. The molecule has 0 aromatic carbocycles. The predicted octanol–water partition coefficient (Wildman–Crippen LogP) is 4.48. The van der Waals surface area contributed by atoms with Crippen molar-refractivity contribution in [2.24, 2.45) is 5.41 Å². The van der Waals surface area contributed by atoms with Gasteiger partial charge in [-0.1, -0.05) is 52.4 Å². The van der Waals surface area contributed by atoms with E-state index in [-0.39, 0.29) is 5.41 Å². The molecule has 1 aliphatic rings. The van der Waals surface area contributed by atoms with Crippen molar-refractivity contribution in [1.29, 1.82) is 0 Å². The molecule has 0 saturated carbocycles. The lowest BCUT2D eigenvalue weighted by Gasteiger charge is -2.35. The Morgan fingerprint density at radius 2 is 1.74 bits per heavy atom. The third-order valence-corrected chi connectivity index (χ3v) is 4.75. The van der Waals surface area contributed by atoms with Crippen LogP contribution in [0.3, 0.4) is 0 Å². The first-order chi connectivity index (χ1) is 9.25. The van der Waals surface area contributed by atoms with Crippen molar-refractivity contribution in [2.75, 3.05) is 13.1 Å². The maximum Gasteiger partial charge on any atom is 0.140 e. The monoisotopic (exact) mass is 267 g/mol. The van der Waals surface area contributed by atoms with E-state index in [0.717, 1.165) is 45.2 Å². The lowest BCUT2D eigenvalue weighted by atomic mass is 9.73. The number of carbonyl (C=O) groups excluding carboxylic acids is 1. The molecule has 112 valence electrons. The van der Waals surface area contributed by atoms with E-state index >= 15 is 0 Å². The van der Waals surface area contributed by atoms with Crippen LogP contribution in [0.4, 0.5) is 0 Å². The third kappa shape index (κ3) is 5.64. The number of hydrogen-bond donors (Lipinski definition) is 1. The van der Waals surface area contributed by atoms with E-state index in [2.05, 4.69) is 19.2 Å². The van der Waals surface area contributed by atoms with Crippen LogP contribution in [-0.2, 0) is 4.79 Å². The summed E-state index contributed by atoms with van der Waals surface area (Å²) >= 11 is 0. The Kier molecular flexibility index (Phi) is 8.36. The van der Waals surface area contributed by atoms with Gasteiger partial charge in [0.1, 0.15) is 5.78 Å². The molecule has 2 heteroatoms. The van der Waals surface area contributed by atoms with E-state index < -0.39 is 0 Å². The van der Waals surface area contributed by atoms with Gasteiger partial charge in [0.2, 0.25) is 0 Å². The van der Waals surface area contributed by atoms with Crippen LogP contribution in [0.1, 0.15) is 84.5 Å². The maximum absolute atomic E-state index is 12.4. The summed E-state index contributed by atoms with van der Waals surface area (Å²) in [6.07, 6.45) is 13.1. The van der Waals surface area contributed by atoms with Crippen molar-refractivity contribution < 1.29 is 4.79 Å². The van der Waals surface area contributed by atoms with Gasteiger partial charge in [-0.15, -0.1) is 0 Å². The van der Waals surface area contributed by atoms with E-state index in [1.54, 1.807) is 0 Å². The molecule has 1 atom stereocenters. The van der Waals surface area contributed by atoms with Crippen molar-refractivity contribution in [1.82, 2.24) is 5.32 Å². The number of carbonyl (C=O) groups is 1. The Morgan fingerprint density at radius 3 is 2.32 bits per heavy atom. The highest BCUT2D eigenvalue weighted by Crippen LogP contribution is 2.32. The zero-order valence-electron chi connectivity index (χ0n) is 13.1. The van der Waals surface area contributed by atoms with Crippen LogP contribution < -0.4 is 5.32 Å². The van der Waals surface area contributed by atoms with E-state index in [9.17, 15) is 4.79 Å². The number of nitrogens with one attached hydrogen (secondary N) is 1. The molecule has 1 saturated heterocycles. The molecule has 0 radical (unpaired) electrons. The molecule has 0 spiro atoms. The number of piperidine rings is 1. The first kappa shape index (κ1) is 16.7. The molecular weight excluding hydrogens is 234 g/mol. The van der Waals surface area contributed by atoms with Crippen LogP contribution in [0.5, 0.6) is 0 Å². The molecule has 0 aliphatic carbocycles. The lowest BCUT2D eigenvalue weighted by Crippen LogP contribution is -2.45. The van der Waals surface area contributed by atoms with Gasteiger partial charge in [-0.2, -0.15) is 0 Å². The van der Waals surface area contributed by atoms with Crippen molar-refractivity contribution in [3.05, 3.63) is 0 Å². The van der Waals surface area contributed by atoms with E-state index in [1.807, 2.05) is 0 Å². The normalized spacial score (nSPS) is 23.5. The van der Waals surface area contributed by atoms with Crippen LogP contribution >= 0.6 is 0 Å². The summed E-state index contributed by atoms with van der Waals surface area (Å²) in [4.78, 5) is 12.4. The molecule has 0 aromatic rings. The minimum Gasteiger partial charge on any atom is -0.316 e. The van der Waals surface area contributed by atoms with Crippen LogP contribution in [0.15, 0.2) is 0 Å².